The molecule has 0 saturated heterocycles. The lowest BCUT2D eigenvalue weighted by Gasteiger charge is -2.11. The lowest BCUT2D eigenvalue weighted by atomic mass is 10.0. The Bertz CT molecular complexity index is 1540. The van der Waals surface area contributed by atoms with Crippen molar-refractivity contribution in [1.82, 2.24) is 14.0 Å². The third-order valence-electron chi connectivity index (χ3n) is 5.34. The first-order chi connectivity index (χ1) is 16.8. The number of imidazole rings is 2. The molecule has 144 valence electrons. The molecule has 0 aliphatic rings. The van der Waals surface area contributed by atoms with Gasteiger partial charge in [-0.1, -0.05) is 0 Å². The number of hydrogen-bond acceptors (Lipinski definition) is 1. The van der Waals surface area contributed by atoms with Gasteiger partial charge in [0.25, 0.3) is 11.4 Å². The zero-order valence-electron chi connectivity index (χ0n) is 25.6. The third-order valence-corrected chi connectivity index (χ3v) is 5.34. The Morgan fingerprint density at radius 3 is 2.54 bits per heavy atom. The van der Waals surface area contributed by atoms with E-state index in [1.54, 1.807) is 64.6 Å². The average molecular weight is 385 g/mol. The van der Waals surface area contributed by atoms with Gasteiger partial charge in [0.1, 0.15) is 19.8 Å². The second-order valence-electron chi connectivity index (χ2n) is 7.20. The smallest absolute Gasteiger partial charge is 0.280 e. The van der Waals surface area contributed by atoms with E-state index in [0.29, 0.717) is 39.8 Å². The highest BCUT2D eigenvalue weighted by Crippen LogP contribution is 2.28. The van der Waals surface area contributed by atoms with Crippen molar-refractivity contribution in [2.24, 2.45) is 21.1 Å². The van der Waals surface area contributed by atoms with Gasteiger partial charge in [0, 0.05) is 54.5 Å². The average Bonchev–Trinajstić information content (AvgIpc) is 3.24. The van der Waals surface area contributed by atoms with Crippen LogP contribution in [0.4, 0.5) is 0 Å². The van der Waals surface area contributed by atoms with E-state index < -0.39 is 20.6 Å². The quantitative estimate of drug-likeness (QED) is 0.488. The van der Waals surface area contributed by atoms with Crippen molar-refractivity contribution in [2.75, 3.05) is 0 Å². The summed E-state index contributed by atoms with van der Waals surface area (Å²) in [4.78, 5) is 4.38. The van der Waals surface area contributed by atoms with Gasteiger partial charge in [0.15, 0.2) is 6.20 Å². The Morgan fingerprint density at radius 2 is 1.86 bits per heavy atom. The molecule has 5 nitrogen and oxygen atoms in total. The maximum Gasteiger partial charge on any atom is 0.280 e. The maximum atomic E-state index is 8.22. The number of aryl methyl sites for hydroxylation is 7. The predicted molar refractivity (Wildman–Crippen MR) is 111 cm³/mol. The molecule has 0 spiro atoms. The van der Waals surface area contributed by atoms with E-state index in [4.69, 9.17) is 12.3 Å². The van der Waals surface area contributed by atoms with Crippen molar-refractivity contribution in [3.05, 3.63) is 58.7 Å². The van der Waals surface area contributed by atoms with Gasteiger partial charge in [-0.25, -0.2) is 4.98 Å². The molecule has 4 aromatic rings. The second kappa shape index (κ2) is 6.30. The summed E-state index contributed by atoms with van der Waals surface area (Å²) in [7, 11) is 5.25. The van der Waals surface area contributed by atoms with Crippen LogP contribution in [0.3, 0.4) is 0 Å². The van der Waals surface area contributed by atoms with E-state index in [1.165, 1.54) is 12.1 Å². The van der Waals surface area contributed by atoms with Crippen LogP contribution in [0.25, 0.3) is 28.6 Å². The first-order valence-corrected chi connectivity index (χ1v) is 8.94. The first-order valence-electron chi connectivity index (χ1n) is 13.4. The monoisotopic (exact) mass is 384 g/mol. The summed E-state index contributed by atoms with van der Waals surface area (Å²) in [5.74, 6) is 0.439. The molecule has 0 atom stereocenters. The van der Waals surface area contributed by atoms with Gasteiger partial charge < -0.3 is 4.57 Å². The number of fused-ring (bicyclic) bond motifs is 1. The summed E-state index contributed by atoms with van der Waals surface area (Å²) >= 11 is 0. The van der Waals surface area contributed by atoms with Crippen molar-refractivity contribution in [3.63, 3.8) is 0 Å². The molecule has 0 aliphatic heterocycles. The molecular weight excluding hydrogens is 346 g/mol. The Morgan fingerprint density at radius 1 is 1.04 bits per heavy atom. The van der Waals surface area contributed by atoms with Crippen molar-refractivity contribution in [2.45, 2.75) is 34.4 Å². The van der Waals surface area contributed by atoms with Gasteiger partial charge in [-0.05, 0) is 46.0 Å². The van der Waals surface area contributed by atoms with Gasteiger partial charge in [-0.2, -0.15) is 9.13 Å². The molecule has 0 fully saturated rings. The summed E-state index contributed by atoms with van der Waals surface area (Å²) in [6.45, 7) is -3.68. The summed E-state index contributed by atoms with van der Waals surface area (Å²) in [5.41, 5.74) is 3.56. The van der Waals surface area contributed by atoms with Crippen LogP contribution in [0.2, 0.25) is 0 Å². The van der Waals surface area contributed by atoms with E-state index in [2.05, 4.69) is 4.98 Å². The molecule has 0 radical (unpaired) electrons. The van der Waals surface area contributed by atoms with Crippen LogP contribution in [-0.2, 0) is 21.1 Å². The summed E-state index contributed by atoms with van der Waals surface area (Å²) in [5, 5.41) is 0. The van der Waals surface area contributed by atoms with Crippen LogP contribution in [-0.4, -0.2) is 14.0 Å². The Kier molecular flexibility index (Phi) is 2.37. The number of hydrogen-bond donors (Lipinski definition) is 0. The zero-order valence-corrected chi connectivity index (χ0v) is 16.6. The van der Waals surface area contributed by atoms with Gasteiger partial charge in [0.2, 0.25) is 11.5 Å². The van der Waals surface area contributed by atoms with Gasteiger partial charge in [0.05, 0.1) is 5.69 Å². The van der Waals surface area contributed by atoms with Crippen LogP contribution in [0, 0.1) is 34.4 Å². The summed E-state index contributed by atoms with van der Waals surface area (Å²) in [6, 6.07) is 4.61. The minimum atomic E-state index is -2.46. The number of pyridine rings is 2. The second-order valence-corrected chi connectivity index (χ2v) is 7.20. The fourth-order valence-electron chi connectivity index (χ4n) is 3.83. The van der Waals surface area contributed by atoms with Gasteiger partial charge >= 0.3 is 0 Å². The molecule has 5 heteroatoms. The molecule has 4 heterocycles. The van der Waals surface area contributed by atoms with Crippen molar-refractivity contribution >= 4 is 5.78 Å². The molecule has 0 N–H and O–H groups in total. The molecule has 0 aliphatic carbocycles. The summed E-state index contributed by atoms with van der Waals surface area (Å²) < 4.78 is 78.5. The van der Waals surface area contributed by atoms with Crippen LogP contribution in [0.15, 0.2) is 30.6 Å². The number of aromatic nitrogens is 5. The molecule has 4 rings (SSSR count). The van der Waals surface area contributed by atoms with Crippen LogP contribution in [0.5, 0.6) is 0 Å². The highest BCUT2D eigenvalue weighted by atomic mass is 15.2. The minimum absolute atomic E-state index is 0.0256. The topological polar surface area (TPSA) is 30.0 Å². The molecule has 28 heavy (non-hydrogen) atoms. The summed E-state index contributed by atoms with van der Waals surface area (Å²) in [6.07, 6.45) is 3.39. The standard InChI is InChI=1S/C23H29N5/c1-14-9-10-25(6)19(11-14)21-15(2)12-16(3)22(27(21)8)20-13-28-18(5)17(4)24-23(28)26(20)7/h9-13H,1-8H3/q+2/i1D3,2D3,4D3. The van der Waals surface area contributed by atoms with Gasteiger partial charge in [-0.3, -0.25) is 4.40 Å². The third kappa shape index (κ3) is 2.57. The Hall–Kier alpha value is -2.95. The first kappa shape index (κ1) is 10.6. The Balaban J connectivity index is 2.07. The maximum absolute atomic E-state index is 8.22. The fraction of sp³-hybridized carbons (Fsp3) is 0.348. The van der Waals surface area contributed by atoms with E-state index in [1.807, 2.05) is 6.92 Å². The van der Waals surface area contributed by atoms with E-state index in [-0.39, 0.29) is 16.8 Å². The van der Waals surface area contributed by atoms with E-state index in [9.17, 15) is 0 Å². The van der Waals surface area contributed by atoms with Crippen LogP contribution >= 0.6 is 0 Å². The van der Waals surface area contributed by atoms with Crippen LogP contribution < -0.4 is 9.13 Å². The van der Waals surface area contributed by atoms with Crippen molar-refractivity contribution in [3.8, 4) is 22.8 Å². The highest BCUT2D eigenvalue weighted by molar-refractivity contribution is 5.64. The lowest BCUT2D eigenvalue weighted by molar-refractivity contribution is -0.685. The normalized spacial score (nSPS) is 17.7. The SMILES string of the molecule is [2H]C([2H])([2H])c1cc[n+](C)c(-c2c(C([2H])([2H])[2H])cc(C)c(-c3cn4c(C)c(C([2H])([2H])[2H])nc4n3C)[n+]2C)c1. The minimum Gasteiger partial charge on any atom is -0.308 e. The van der Waals surface area contributed by atoms with Crippen molar-refractivity contribution in [1.29, 1.82) is 0 Å². The molecular formula is C23H29N5+2. The molecule has 0 unspecified atom stereocenters. The number of nitrogens with zero attached hydrogens (tertiary/aromatic N) is 5. The van der Waals surface area contributed by atoms with Crippen LogP contribution in [0.1, 0.15) is 40.4 Å². The molecule has 0 saturated carbocycles. The highest BCUT2D eigenvalue weighted by Gasteiger charge is 2.29. The fourth-order valence-corrected chi connectivity index (χ4v) is 3.83. The molecule has 4 aromatic heterocycles. The largest absolute Gasteiger partial charge is 0.308 e. The zero-order chi connectivity index (χ0) is 27.8. The van der Waals surface area contributed by atoms with Crippen molar-refractivity contribution < 1.29 is 21.5 Å². The van der Waals surface area contributed by atoms with Gasteiger partial charge in [-0.15, -0.1) is 0 Å². The van der Waals surface area contributed by atoms with E-state index in [0.717, 1.165) is 0 Å². The number of rotatable bonds is 2. The lowest BCUT2D eigenvalue weighted by Crippen LogP contribution is -2.41. The molecule has 0 bridgehead atoms. The Labute approximate surface area is 179 Å². The molecule has 0 aromatic carbocycles. The predicted octanol–water partition coefficient (Wildman–Crippen LogP) is 3.20. The van der Waals surface area contributed by atoms with E-state index >= 15 is 0 Å². The molecule has 0 amide bonds.